The summed E-state index contributed by atoms with van der Waals surface area (Å²) in [5, 5.41) is 0. The van der Waals surface area contributed by atoms with Crippen LogP contribution in [0.3, 0.4) is 0 Å². The number of pyridine rings is 1. The third-order valence-electron chi connectivity index (χ3n) is 5.97. The van der Waals surface area contributed by atoms with Gasteiger partial charge in [-0.15, -0.1) is 0 Å². The van der Waals surface area contributed by atoms with Gasteiger partial charge in [0.25, 0.3) is 0 Å². The van der Waals surface area contributed by atoms with Crippen molar-refractivity contribution in [2.24, 2.45) is 4.99 Å². The van der Waals surface area contributed by atoms with Gasteiger partial charge in [-0.2, -0.15) is 0 Å². The van der Waals surface area contributed by atoms with Gasteiger partial charge >= 0.3 is 0 Å². The largest absolute Gasteiger partial charge is 0.493 e. The van der Waals surface area contributed by atoms with Crippen LogP contribution in [0.4, 0.5) is 5.82 Å². The molecule has 0 fully saturated rings. The maximum atomic E-state index is 13.9. The lowest BCUT2D eigenvalue weighted by molar-refractivity contribution is 0.0899. The quantitative estimate of drug-likeness (QED) is 0.466. The van der Waals surface area contributed by atoms with Gasteiger partial charge in [0.15, 0.2) is 17.3 Å². The smallest absolute Gasteiger partial charge is 0.206 e. The van der Waals surface area contributed by atoms with Crippen LogP contribution in [0.15, 0.2) is 77.9 Å². The van der Waals surface area contributed by atoms with E-state index < -0.39 is 6.04 Å². The number of Topliss-reactive ketones (excluding diaryl/α,β-unsaturated/α-hetero) is 1. The van der Waals surface area contributed by atoms with Gasteiger partial charge in [0.2, 0.25) is 5.78 Å². The fourth-order valence-corrected chi connectivity index (χ4v) is 4.26. The fourth-order valence-electron chi connectivity index (χ4n) is 4.26. The third-order valence-corrected chi connectivity index (χ3v) is 5.97. The number of ether oxygens (including phenoxy) is 2. The lowest BCUT2D eigenvalue weighted by Gasteiger charge is -2.28. The summed E-state index contributed by atoms with van der Waals surface area (Å²) in [6.45, 7) is 0. The average molecular weight is 441 g/mol. The number of nitrogens with zero attached hydrogens (tertiary/aromatic N) is 4. The number of rotatable bonds is 5. The predicted octanol–water partition coefficient (Wildman–Crippen LogP) is 4.17. The molecule has 33 heavy (non-hydrogen) atoms. The lowest BCUT2D eigenvalue weighted by atomic mass is 9.99. The molecule has 0 bridgehead atoms. The Morgan fingerprint density at radius 1 is 0.939 bits per heavy atom. The highest BCUT2D eigenvalue weighted by atomic mass is 16.5. The standard InChI is InChI=1S/C26H24N4O3/c1-29-19(15-17-9-5-4-6-10-17)24(31)23-25(27-22-11-7-8-14-30(22)23)28-26(29)18-12-13-20(32-2)21(16-18)33-3/h4-14,16,19H,15H2,1-3H3/t19-/m0/s1. The van der Waals surface area contributed by atoms with Crippen molar-refractivity contribution in [2.45, 2.75) is 12.5 Å². The van der Waals surface area contributed by atoms with Crippen LogP contribution < -0.4 is 9.47 Å². The molecule has 0 radical (unpaired) electrons. The Bertz CT molecular complexity index is 1360. The minimum atomic E-state index is -0.458. The Kier molecular flexibility index (Phi) is 5.30. The molecular weight excluding hydrogens is 416 g/mol. The zero-order chi connectivity index (χ0) is 22.9. The van der Waals surface area contributed by atoms with E-state index in [2.05, 4.69) is 4.98 Å². The molecule has 4 aromatic rings. The van der Waals surface area contributed by atoms with E-state index in [0.717, 1.165) is 11.1 Å². The number of hydrogen-bond acceptors (Lipinski definition) is 6. The number of carbonyl (C=O) groups excluding carboxylic acids is 1. The maximum absolute atomic E-state index is 13.9. The Balaban J connectivity index is 1.70. The molecule has 1 aliphatic rings. The molecule has 0 aliphatic carbocycles. The van der Waals surface area contributed by atoms with Crippen molar-refractivity contribution >= 4 is 23.1 Å². The molecule has 2 aromatic heterocycles. The van der Waals surface area contributed by atoms with Crippen LogP contribution in [-0.4, -0.2) is 53.2 Å². The van der Waals surface area contributed by atoms with Crippen molar-refractivity contribution in [3.8, 4) is 11.5 Å². The Morgan fingerprint density at radius 3 is 2.45 bits per heavy atom. The van der Waals surface area contributed by atoms with Crippen molar-refractivity contribution in [3.05, 3.63) is 89.7 Å². The highest BCUT2D eigenvalue weighted by Crippen LogP contribution is 2.32. The van der Waals surface area contributed by atoms with Gasteiger partial charge in [0.1, 0.15) is 17.2 Å². The first-order valence-corrected chi connectivity index (χ1v) is 10.7. The summed E-state index contributed by atoms with van der Waals surface area (Å²) in [6, 6.07) is 20.9. The molecule has 3 heterocycles. The number of amidine groups is 1. The minimum Gasteiger partial charge on any atom is -0.493 e. The Labute approximate surface area is 191 Å². The molecule has 2 aromatic carbocycles. The van der Waals surface area contributed by atoms with Gasteiger partial charge in [-0.05, 0) is 35.9 Å². The highest BCUT2D eigenvalue weighted by Gasteiger charge is 2.35. The summed E-state index contributed by atoms with van der Waals surface area (Å²) in [4.78, 5) is 25.4. The second-order valence-corrected chi connectivity index (χ2v) is 7.90. The first kappa shape index (κ1) is 20.8. The molecular formula is C26H24N4O3. The van der Waals surface area contributed by atoms with E-state index in [0.29, 0.717) is 40.9 Å². The van der Waals surface area contributed by atoms with Gasteiger partial charge < -0.3 is 14.4 Å². The predicted molar refractivity (Wildman–Crippen MR) is 127 cm³/mol. The topological polar surface area (TPSA) is 68.4 Å². The summed E-state index contributed by atoms with van der Waals surface area (Å²) in [5.41, 5.74) is 3.07. The number of aromatic nitrogens is 2. The van der Waals surface area contributed by atoms with Gasteiger partial charge in [-0.1, -0.05) is 36.4 Å². The van der Waals surface area contributed by atoms with Crippen molar-refractivity contribution in [1.29, 1.82) is 0 Å². The fraction of sp³-hybridized carbons (Fsp3) is 0.192. The second-order valence-electron chi connectivity index (χ2n) is 7.90. The van der Waals surface area contributed by atoms with E-state index in [4.69, 9.17) is 14.5 Å². The molecule has 0 N–H and O–H groups in total. The molecule has 0 spiro atoms. The number of hydrogen-bond donors (Lipinski definition) is 0. The summed E-state index contributed by atoms with van der Waals surface area (Å²) in [5.74, 6) is 2.26. The summed E-state index contributed by atoms with van der Waals surface area (Å²) in [7, 11) is 5.10. The van der Waals surface area contributed by atoms with Crippen LogP contribution in [0.5, 0.6) is 11.5 Å². The molecule has 5 rings (SSSR count). The van der Waals surface area contributed by atoms with E-state index in [-0.39, 0.29) is 5.78 Å². The number of carbonyl (C=O) groups is 1. The van der Waals surface area contributed by atoms with Crippen molar-refractivity contribution < 1.29 is 14.3 Å². The SMILES string of the molecule is COc1ccc(C2=Nc3nc4ccccn4c3C(=O)[C@H](Cc3ccccc3)N2C)cc1OC. The first-order valence-electron chi connectivity index (χ1n) is 10.7. The number of likely N-dealkylation sites (N-methyl/N-ethyl adjacent to an activating group) is 1. The Morgan fingerprint density at radius 2 is 1.70 bits per heavy atom. The summed E-state index contributed by atoms with van der Waals surface area (Å²) in [6.07, 6.45) is 2.40. The number of fused-ring (bicyclic) bond motifs is 3. The molecule has 166 valence electrons. The number of ketones is 1. The van der Waals surface area contributed by atoms with Gasteiger partial charge in [-0.3, -0.25) is 9.20 Å². The summed E-state index contributed by atoms with van der Waals surface area (Å²) < 4.78 is 12.7. The molecule has 0 unspecified atom stereocenters. The van der Waals surface area contributed by atoms with E-state index in [9.17, 15) is 4.79 Å². The number of methoxy groups -OCH3 is 2. The maximum Gasteiger partial charge on any atom is 0.206 e. The van der Waals surface area contributed by atoms with Crippen LogP contribution in [0.1, 0.15) is 21.6 Å². The van der Waals surface area contributed by atoms with E-state index in [1.54, 1.807) is 14.2 Å². The van der Waals surface area contributed by atoms with Crippen LogP contribution in [0, 0.1) is 0 Å². The van der Waals surface area contributed by atoms with Crippen molar-refractivity contribution in [2.75, 3.05) is 21.3 Å². The lowest BCUT2D eigenvalue weighted by Crippen LogP contribution is -2.43. The second kappa shape index (κ2) is 8.43. The first-order chi connectivity index (χ1) is 16.1. The zero-order valence-electron chi connectivity index (χ0n) is 18.7. The normalized spacial score (nSPS) is 15.7. The van der Waals surface area contributed by atoms with Crippen LogP contribution in [0.25, 0.3) is 5.65 Å². The molecule has 1 aliphatic heterocycles. The van der Waals surface area contributed by atoms with E-state index in [1.807, 2.05) is 89.3 Å². The number of aliphatic imine (C=N–C) groups is 1. The number of imidazole rings is 1. The van der Waals surface area contributed by atoms with Crippen molar-refractivity contribution in [1.82, 2.24) is 14.3 Å². The number of benzene rings is 2. The van der Waals surface area contributed by atoms with Crippen LogP contribution in [0.2, 0.25) is 0 Å². The monoisotopic (exact) mass is 440 g/mol. The van der Waals surface area contributed by atoms with E-state index >= 15 is 0 Å². The summed E-state index contributed by atoms with van der Waals surface area (Å²) >= 11 is 0. The van der Waals surface area contributed by atoms with Crippen molar-refractivity contribution in [3.63, 3.8) is 0 Å². The van der Waals surface area contributed by atoms with Gasteiger partial charge in [0.05, 0.1) is 20.3 Å². The molecule has 0 amide bonds. The molecule has 0 saturated carbocycles. The van der Waals surface area contributed by atoms with E-state index in [1.165, 1.54) is 0 Å². The molecule has 0 saturated heterocycles. The average Bonchev–Trinajstić information content (AvgIpc) is 3.19. The Hall–Kier alpha value is -4.13. The highest BCUT2D eigenvalue weighted by molar-refractivity contribution is 6.11. The molecule has 7 nitrogen and oxygen atoms in total. The van der Waals surface area contributed by atoms with Gasteiger partial charge in [0, 0.05) is 25.2 Å². The molecule has 1 atom stereocenters. The third kappa shape index (κ3) is 3.61. The van der Waals surface area contributed by atoms with Crippen LogP contribution in [-0.2, 0) is 6.42 Å². The zero-order valence-corrected chi connectivity index (χ0v) is 18.7. The minimum absolute atomic E-state index is 0.0192. The van der Waals surface area contributed by atoms with Gasteiger partial charge in [-0.25, -0.2) is 9.98 Å². The molecule has 7 heteroatoms. The van der Waals surface area contributed by atoms with Crippen LogP contribution >= 0.6 is 0 Å².